The fourth-order valence-electron chi connectivity index (χ4n) is 8.40. The van der Waals surface area contributed by atoms with E-state index in [0.29, 0.717) is 42.5 Å². The molecule has 2 fully saturated rings. The maximum Gasteiger partial charge on any atom is 0.342 e. The minimum Gasteiger partial charge on any atom is -0.504 e. The first kappa shape index (κ1) is 57.3. The molecule has 0 bridgehead atoms. The highest BCUT2D eigenvalue weighted by Gasteiger charge is 2.55. The zero-order valence-electron chi connectivity index (χ0n) is 40.1. The maximum atomic E-state index is 14.5. The van der Waals surface area contributed by atoms with E-state index in [2.05, 4.69) is 0 Å². The molecule has 0 amide bonds. The van der Waals surface area contributed by atoms with E-state index in [4.69, 9.17) is 37.9 Å². The molecule has 5 aromatic rings. The number of esters is 5. The Morgan fingerprint density at radius 1 is 0.568 bits per heavy atom. The molecule has 0 aliphatic carbocycles. The quantitative estimate of drug-likeness (QED) is 0.0417. The van der Waals surface area contributed by atoms with Crippen LogP contribution in [0.4, 0.5) is 0 Å². The van der Waals surface area contributed by atoms with E-state index in [0.717, 1.165) is 0 Å². The number of phenolic OH excluding ortho intramolecular Hbond substituents is 14. The summed E-state index contributed by atoms with van der Waals surface area (Å²) in [5.74, 6) is -33.2. The first-order valence-electron chi connectivity index (χ1n) is 22.7. The monoisotopic (exact) mass is 1150 g/mol. The fourth-order valence-corrected chi connectivity index (χ4v) is 8.40. The van der Waals surface area contributed by atoms with Crippen LogP contribution in [0, 0.1) is 0 Å². The molecular formula is C48H42O33. The van der Waals surface area contributed by atoms with E-state index in [9.17, 15) is 126 Å². The predicted octanol–water partition coefficient (Wildman–Crippen LogP) is -1.79. The molecule has 8 rings (SSSR count). The summed E-state index contributed by atoms with van der Waals surface area (Å²) in [4.78, 5) is 69.7. The van der Waals surface area contributed by atoms with Gasteiger partial charge in [-0.1, -0.05) is 0 Å². The van der Waals surface area contributed by atoms with Crippen LogP contribution < -0.4 is 4.74 Å². The van der Waals surface area contributed by atoms with Gasteiger partial charge in [-0.2, -0.15) is 0 Å². The molecule has 5 aromatic carbocycles. The molecule has 2 saturated heterocycles. The highest BCUT2D eigenvalue weighted by Crippen LogP contribution is 2.55. The first-order valence-corrected chi connectivity index (χ1v) is 22.7. The van der Waals surface area contributed by atoms with Gasteiger partial charge in [-0.25, -0.2) is 24.0 Å². The number of fused-ring (bicyclic) bond motifs is 4. The second-order valence-electron chi connectivity index (χ2n) is 17.8. The smallest absolute Gasteiger partial charge is 0.342 e. The normalized spacial score (nSPS) is 24.4. The van der Waals surface area contributed by atoms with E-state index in [1.54, 1.807) is 0 Å². The van der Waals surface area contributed by atoms with Gasteiger partial charge in [-0.15, -0.1) is 0 Å². The van der Waals surface area contributed by atoms with Crippen LogP contribution in [-0.2, 0) is 33.2 Å². The number of carbonyl (C=O) groups excluding carboxylic acids is 5. The Bertz CT molecular complexity index is 3360. The van der Waals surface area contributed by atoms with Crippen molar-refractivity contribution < 1.29 is 164 Å². The molecule has 20 N–H and O–H groups in total. The van der Waals surface area contributed by atoms with Crippen molar-refractivity contribution in [1.29, 1.82) is 0 Å². The van der Waals surface area contributed by atoms with Crippen LogP contribution in [0.25, 0.3) is 11.1 Å². The Balaban J connectivity index is 1.22. The van der Waals surface area contributed by atoms with Gasteiger partial charge in [0.15, 0.2) is 87.3 Å². The molecule has 33 heteroatoms. The third-order valence-corrected chi connectivity index (χ3v) is 12.6. The van der Waals surface area contributed by atoms with Gasteiger partial charge >= 0.3 is 29.8 Å². The number of aliphatic hydroxyl groups excluding tert-OH is 5. The third kappa shape index (κ3) is 10.3. The summed E-state index contributed by atoms with van der Waals surface area (Å²) in [5.41, 5.74) is -7.63. The van der Waals surface area contributed by atoms with Crippen molar-refractivity contribution in [3.8, 4) is 103 Å². The summed E-state index contributed by atoms with van der Waals surface area (Å²) in [6.45, 7) is -3.91. The van der Waals surface area contributed by atoms with E-state index in [1.165, 1.54) is 0 Å². The van der Waals surface area contributed by atoms with Gasteiger partial charge in [0.1, 0.15) is 49.3 Å². The van der Waals surface area contributed by atoms with Gasteiger partial charge in [0.05, 0.1) is 28.9 Å². The van der Waals surface area contributed by atoms with Crippen molar-refractivity contribution in [2.45, 2.75) is 60.9 Å². The zero-order valence-corrected chi connectivity index (χ0v) is 40.1. The van der Waals surface area contributed by atoms with Crippen LogP contribution in [0.1, 0.15) is 51.8 Å². The number of hydrogen-bond acceptors (Lipinski definition) is 33. The molecule has 33 nitrogen and oxygen atoms in total. The molecule has 3 heterocycles. The van der Waals surface area contributed by atoms with Gasteiger partial charge in [0.25, 0.3) is 0 Å². The topological polar surface area (TPSA) is 564 Å². The Kier molecular flexibility index (Phi) is 15.1. The van der Waals surface area contributed by atoms with Gasteiger partial charge in [0.2, 0.25) is 35.1 Å². The summed E-state index contributed by atoms with van der Waals surface area (Å²) in [5, 5.41) is 211. The van der Waals surface area contributed by atoms with E-state index in [1.807, 2.05) is 0 Å². The molecular weight excluding hydrogens is 1100 g/mol. The average molecular weight is 1150 g/mol. The zero-order chi connectivity index (χ0) is 59.6. The highest BCUT2D eigenvalue weighted by atomic mass is 16.7. The van der Waals surface area contributed by atoms with Crippen LogP contribution in [0.5, 0.6) is 92.0 Å². The lowest BCUT2D eigenvalue weighted by Crippen LogP contribution is -2.66. The lowest BCUT2D eigenvalue weighted by atomic mass is 9.91. The maximum absolute atomic E-state index is 14.5. The molecule has 81 heavy (non-hydrogen) atoms. The summed E-state index contributed by atoms with van der Waals surface area (Å²) >= 11 is 0. The van der Waals surface area contributed by atoms with Crippen molar-refractivity contribution in [3.05, 3.63) is 70.3 Å². The third-order valence-electron chi connectivity index (χ3n) is 12.6. The Morgan fingerprint density at radius 3 is 1.64 bits per heavy atom. The van der Waals surface area contributed by atoms with E-state index in [-0.39, 0.29) is 0 Å². The summed E-state index contributed by atoms with van der Waals surface area (Å²) in [7, 11) is 0. The van der Waals surface area contributed by atoms with Crippen LogP contribution in [0.3, 0.4) is 0 Å². The number of aromatic hydroxyl groups is 14. The summed E-state index contributed by atoms with van der Waals surface area (Å²) < 4.78 is 42.9. The second kappa shape index (κ2) is 21.4. The molecule has 432 valence electrons. The fraction of sp³-hybridized carbons (Fsp3) is 0.271. The highest BCUT2D eigenvalue weighted by molar-refractivity contribution is 6.08. The summed E-state index contributed by atoms with van der Waals surface area (Å²) in [6.07, 6.45) is -20.6. The van der Waals surface area contributed by atoms with E-state index >= 15 is 0 Å². The van der Waals surface area contributed by atoms with Crippen LogP contribution in [0.2, 0.25) is 0 Å². The molecule has 0 aromatic heterocycles. The van der Waals surface area contributed by atoms with Crippen molar-refractivity contribution in [3.63, 3.8) is 0 Å². The minimum atomic E-state index is -3.11. The number of benzene rings is 5. The van der Waals surface area contributed by atoms with Gasteiger partial charge < -0.3 is 140 Å². The van der Waals surface area contributed by atoms with Crippen molar-refractivity contribution in [2.24, 2.45) is 0 Å². The number of cyclic esters (lactones) is 1. The van der Waals surface area contributed by atoms with Gasteiger partial charge in [-0.05, 0) is 30.3 Å². The standard InChI is InChI=1S/C48H42O33/c49-8-23-32(61)36(65)41(67)48(73,81-23)10-75-45(71)15-6-21(55)30(59)35(64)38(15)76-22-7-14-26(34(63)31(22)60)25-13(5-20(54)29(58)33(25)62)46(72)78-39-24(9-74-44(14)70)77-47(80-43(69)12-3-18(52)28(57)19(53)4-12)37(66)40(39)79-42(68)11-1-16(50)27(56)17(51)2-11/h1-7,23-24,32,36-37,39-41,47,49-67,73H,8-10H2/t23-,24-,32-,36-,37-,39-,40-,41+,47+,48?/m1/s1. The second-order valence-corrected chi connectivity index (χ2v) is 17.8. The van der Waals surface area contributed by atoms with Crippen LogP contribution in [-0.4, -0.2) is 213 Å². The van der Waals surface area contributed by atoms with Gasteiger partial charge in [-0.3, -0.25) is 0 Å². The van der Waals surface area contributed by atoms with Crippen molar-refractivity contribution in [1.82, 2.24) is 0 Å². The molecule has 3 aliphatic heterocycles. The number of ether oxygens (including phenoxy) is 8. The molecule has 3 aliphatic rings. The largest absolute Gasteiger partial charge is 0.504 e. The first-order chi connectivity index (χ1) is 38.0. The van der Waals surface area contributed by atoms with E-state index < -0.39 is 242 Å². The van der Waals surface area contributed by atoms with Crippen molar-refractivity contribution >= 4 is 29.8 Å². The number of aliphatic hydroxyl groups is 6. The molecule has 0 spiro atoms. The Morgan fingerprint density at radius 2 is 1.07 bits per heavy atom. The molecule has 0 radical (unpaired) electrons. The molecule has 1 unspecified atom stereocenters. The lowest BCUT2D eigenvalue weighted by Gasteiger charge is -2.44. The van der Waals surface area contributed by atoms with Crippen LogP contribution in [0.15, 0.2) is 42.5 Å². The SMILES string of the molecule is O=C(O[C@@H]1O[C@@H]2COC(=O)c3cc(Oc4c(C(=O)OCC5(O)O[C@H](CO)[C@@H](O)[C@@H](O)[C@@H]5O)cc(O)c(O)c4O)c(O)c(O)c3-c3c(cc(O)c(O)c3O)C(=O)O[C@H]2[C@H](OC(=O)c2cc(O)c(O)c(O)c2)[C@H]1O)c1cc(O)c(O)c(O)c1. The molecule has 0 saturated carbocycles. The summed E-state index contributed by atoms with van der Waals surface area (Å²) in [6, 6.07) is 3.23. The number of rotatable bonds is 10. The number of carbonyl (C=O) groups is 5. The minimum absolute atomic E-state index is 0.332. The average Bonchev–Trinajstić information content (AvgIpc) is 3.56. The lowest BCUT2D eigenvalue weighted by molar-refractivity contribution is -0.357. The number of phenols is 14. The number of hydrogen-bond donors (Lipinski definition) is 20. The Hall–Kier alpha value is -9.87. The predicted molar refractivity (Wildman–Crippen MR) is 249 cm³/mol. The Labute approximate surface area is 447 Å². The van der Waals surface area contributed by atoms with Gasteiger partial charge in [0, 0.05) is 23.3 Å². The van der Waals surface area contributed by atoms with Crippen LogP contribution >= 0.6 is 0 Å². The van der Waals surface area contributed by atoms with Crippen molar-refractivity contribution in [2.75, 3.05) is 19.8 Å². The molecule has 10 atom stereocenters.